The quantitative estimate of drug-likeness (QED) is 0.661. The molecule has 0 atom stereocenters. The number of rotatable bonds is 2. The SMILES string of the molecule is O=C(c1cc(Cl)c2c(c1)OCO2)N1CCC(c2nc3ccccc3o2)CC1. The molecule has 27 heavy (non-hydrogen) atoms. The lowest BCUT2D eigenvalue weighted by Gasteiger charge is -2.30. The first kappa shape index (κ1) is 16.4. The molecular weight excluding hydrogens is 368 g/mol. The first-order valence-electron chi connectivity index (χ1n) is 8.93. The van der Waals surface area contributed by atoms with E-state index < -0.39 is 0 Å². The van der Waals surface area contributed by atoms with E-state index in [1.807, 2.05) is 29.2 Å². The van der Waals surface area contributed by atoms with Crippen molar-refractivity contribution in [3.8, 4) is 11.5 Å². The van der Waals surface area contributed by atoms with Crippen molar-refractivity contribution in [1.29, 1.82) is 0 Å². The molecule has 0 aliphatic carbocycles. The van der Waals surface area contributed by atoms with E-state index in [-0.39, 0.29) is 18.6 Å². The maximum atomic E-state index is 12.9. The first-order valence-corrected chi connectivity index (χ1v) is 9.31. The Labute approximate surface area is 160 Å². The number of oxazole rings is 1. The maximum Gasteiger partial charge on any atom is 0.254 e. The fourth-order valence-electron chi connectivity index (χ4n) is 3.67. The van der Waals surface area contributed by atoms with Crippen LogP contribution in [-0.4, -0.2) is 35.7 Å². The number of ether oxygens (including phenoxy) is 2. The number of aromatic nitrogens is 1. The summed E-state index contributed by atoms with van der Waals surface area (Å²) in [7, 11) is 0. The lowest BCUT2D eigenvalue weighted by molar-refractivity contribution is 0.0706. The summed E-state index contributed by atoms with van der Waals surface area (Å²) in [5, 5.41) is 0.398. The van der Waals surface area contributed by atoms with Gasteiger partial charge in [-0.25, -0.2) is 4.98 Å². The van der Waals surface area contributed by atoms with Gasteiger partial charge in [0.05, 0.1) is 5.02 Å². The summed E-state index contributed by atoms with van der Waals surface area (Å²) in [5.41, 5.74) is 2.20. The number of amides is 1. The predicted molar refractivity (Wildman–Crippen MR) is 99.5 cm³/mol. The summed E-state index contributed by atoms with van der Waals surface area (Å²) < 4.78 is 16.6. The van der Waals surface area contributed by atoms with E-state index in [1.165, 1.54) is 0 Å². The van der Waals surface area contributed by atoms with E-state index in [0.717, 1.165) is 29.8 Å². The number of carbonyl (C=O) groups is 1. The van der Waals surface area contributed by atoms with Crippen LogP contribution in [0.3, 0.4) is 0 Å². The van der Waals surface area contributed by atoms with Gasteiger partial charge in [-0.2, -0.15) is 0 Å². The second-order valence-electron chi connectivity index (χ2n) is 6.78. The molecule has 3 aromatic rings. The molecule has 0 radical (unpaired) electrons. The third-order valence-electron chi connectivity index (χ3n) is 5.12. The summed E-state index contributed by atoms with van der Waals surface area (Å²) in [6.45, 7) is 1.42. The maximum absolute atomic E-state index is 12.9. The normalized spacial score (nSPS) is 16.9. The molecule has 1 saturated heterocycles. The minimum atomic E-state index is -0.0498. The van der Waals surface area contributed by atoms with Gasteiger partial charge in [-0.15, -0.1) is 0 Å². The van der Waals surface area contributed by atoms with Crippen molar-refractivity contribution in [1.82, 2.24) is 9.88 Å². The van der Waals surface area contributed by atoms with Crippen LogP contribution in [0.15, 0.2) is 40.8 Å². The van der Waals surface area contributed by atoms with Gasteiger partial charge in [0, 0.05) is 24.6 Å². The highest BCUT2D eigenvalue weighted by atomic mass is 35.5. The Morgan fingerprint density at radius 3 is 2.78 bits per heavy atom. The van der Waals surface area contributed by atoms with E-state index in [1.54, 1.807) is 12.1 Å². The molecule has 1 amide bonds. The molecule has 1 fully saturated rings. The van der Waals surface area contributed by atoms with Gasteiger partial charge in [0.25, 0.3) is 5.91 Å². The Bertz CT molecular complexity index is 991. The molecule has 0 N–H and O–H groups in total. The fourth-order valence-corrected chi connectivity index (χ4v) is 3.93. The van der Waals surface area contributed by atoms with Crippen molar-refractivity contribution in [2.24, 2.45) is 0 Å². The summed E-state index contributed by atoms with van der Waals surface area (Å²) in [6, 6.07) is 11.1. The highest BCUT2D eigenvalue weighted by Crippen LogP contribution is 2.40. The van der Waals surface area contributed by atoms with Crippen LogP contribution >= 0.6 is 11.6 Å². The van der Waals surface area contributed by atoms with Gasteiger partial charge < -0.3 is 18.8 Å². The van der Waals surface area contributed by atoms with Crippen molar-refractivity contribution >= 4 is 28.6 Å². The van der Waals surface area contributed by atoms with Gasteiger partial charge in [0.2, 0.25) is 6.79 Å². The summed E-state index contributed by atoms with van der Waals surface area (Å²) in [4.78, 5) is 19.3. The van der Waals surface area contributed by atoms with Gasteiger partial charge in [0.15, 0.2) is 23.0 Å². The zero-order valence-corrected chi connectivity index (χ0v) is 15.2. The van der Waals surface area contributed by atoms with Gasteiger partial charge in [0.1, 0.15) is 5.52 Å². The number of para-hydroxylation sites is 2. The molecule has 5 rings (SSSR count). The number of nitrogens with zero attached hydrogens (tertiary/aromatic N) is 2. The predicted octanol–water partition coefficient (Wildman–Crippen LogP) is 4.23. The molecule has 0 spiro atoms. The lowest BCUT2D eigenvalue weighted by atomic mass is 9.96. The van der Waals surface area contributed by atoms with Crippen molar-refractivity contribution < 1.29 is 18.7 Å². The Morgan fingerprint density at radius 1 is 1.15 bits per heavy atom. The number of halogens is 1. The molecule has 0 bridgehead atoms. The summed E-state index contributed by atoms with van der Waals surface area (Å²) >= 11 is 6.20. The number of carbonyl (C=O) groups excluding carboxylic acids is 1. The zero-order valence-electron chi connectivity index (χ0n) is 14.5. The van der Waals surface area contributed by atoms with Gasteiger partial charge in [-0.1, -0.05) is 23.7 Å². The van der Waals surface area contributed by atoms with Crippen molar-refractivity contribution in [2.45, 2.75) is 18.8 Å². The van der Waals surface area contributed by atoms with Crippen molar-refractivity contribution in [3.63, 3.8) is 0 Å². The molecule has 2 aliphatic heterocycles. The van der Waals surface area contributed by atoms with Gasteiger partial charge in [-0.05, 0) is 37.1 Å². The first-order chi connectivity index (χ1) is 13.2. The lowest BCUT2D eigenvalue weighted by Crippen LogP contribution is -2.38. The molecule has 7 heteroatoms. The zero-order chi connectivity index (χ0) is 18.4. The number of fused-ring (bicyclic) bond motifs is 2. The van der Waals surface area contributed by atoms with E-state index in [2.05, 4.69) is 4.98 Å². The van der Waals surface area contributed by atoms with Crippen LogP contribution in [0.5, 0.6) is 11.5 Å². The number of benzene rings is 2. The van der Waals surface area contributed by atoms with Crippen molar-refractivity contribution in [2.75, 3.05) is 19.9 Å². The monoisotopic (exact) mass is 384 g/mol. The van der Waals surface area contributed by atoms with Gasteiger partial charge >= 0.3 is 0 Å². The summed E-state index contributed by atoms with van der Waals surface area (Å²) in [6.07, 6.45) is 1.63. The molecular formula is C20H17ClN2O4. The number of hydrogen-bond acceptors (Lipinski definition) is 5. The largest absolute Gasteiger partial charge is 0.454 e. The molecule has 0 saturated carbocycles. The molecule has 138 valence electrons. The standard InChI is InChI=1S/C20H17ClN2O4/c21-14-9-13(10-17-18(14)26-11-25-17)20(24)23-7-5-12(6-8-23)19-22-15-3-1-2-4-16(15)27-19/h1-4,9-10,12H,5-8,11H2. The van der Waals surface area contributed by atoms with Gasteiger partial charge in [-0.3, -0.25) is 4.79 Å². The Balaban J connectivity index is 1.30. The topological polar surface area (TPSA) is 64.8 Å². The number of piperidine rings is 1. The minimum Gasteiger partial charge on any atom is -0.454 e. The van der Waals surface area contributed by atoms with E-state index >= 15 is 0 Å². The number of likely N-dealkylation sites (tertiary alicyclic amines) is 1. The molecule has 2 aromatic carbocycles. The van der Waals surface area contributed by atoms with Crippen LogP contribution in [0.25, 0.3) is 11.1 Å². The van der Waals surface area contributed by atoms with E-state index in [9.17, 15) is 4.79 Å². The van der Waals surface area contributed by atoms with Crippen LogP contribution in [0.4, 0.5) is 0 Å². The fraction of sp³-hybridized carbons (Fsp3) is 0.300. The highest BCUT2D eigenvalue weighted by Gasteiger charge is 2.29. The average molecular weight is 385 g/mol. The second kappa shape index (κ2) is 6.46. The highest BCUT2D eigenvalue weighted by molar-refractivity contribution is 6.32. The third kappa shape index (κ3) is 2.90. The number of hydrogen-bond donors (Lipinski definition) is 0. The van der Waals surface area contributed by atoms with Crippen molar-refractivity contribution in [3.05, 3.63) is 52.9 Å². The second-order valence-corrected chi connectivity index (χ2v) is 7.19. The van der Waals surface area contributed by atoms with Crippen LogP contribution < -0.4 is 9.47 Å². The molecule has 3 heterocycles. The van der Waals surface area contributed by atoms with E-state index in [4.69, 9.17) is 25.5 Å². The smallest absolute Gasteiger partial charge is 0.254 e. The van der Waals surface area contributed by atoms with Crippen LogP contribution in [-0.2, 0) is 0 Å². The third-order valence-corrected chi connectivity index (χ3v) is 5.40. The minimum absolute atomic E-state index is 0.0498. The summed E-state index contributed by atoms with van der Waals surface area (Å²) in [5.74, 6) is 1.96. The average Bonchev–Trinajstić information content (AvgIpc) is 3.34. The van der Waals surface area contributed by atoms with Crippen LogP contribution in [0.2, 0.25) is 5.02 Å². The Morgan fingerprint density at radius 2 is 1.96 bits per heavy atom. The molecule has 2 aliphatic rings. The van der Waals surface area contributed by atoms with E-state index in [0.29, 0.717) is 35.2 Å². The Hall–Kier alpha value is -2.73. The molecule has 1 aromatic heterocycles. The molecule has 6 nitrogen and oxygen atoms in total. The van der Waals surface area contributed by atoms with Crippen LogP contribution in [0.1, 0.15) is 35.0 Å². The molecule has 0 unspecified atom stereocenters. The van der Waals surface area contributed by atoms with Crippen LogP contribution in [0, 0.1) is 0 Å². The Kier molecular flexibility index (Phi) is 3.93.